The monoisotopic (exact) mass is 232 g/mol. The third-order valence-electron chi connectivity index (χ3n) is 3.12. The van der Waals surface area contributed by atoms with Gasteiger partial charge in [0.25, 0.3) is 0 Å². The van der Waals surface area contributed by atoms with Gasteiger partial charge in [-0.3, -0.25) is 0 Å². The highest BCUT2D eigenvalue weighted by atomic mass is 15.1. The van der Waals surface area contributed by atoms with Crippen LogP contribution >= 0.6 is 0 Å². The smallest absolute Gasteiger partial charge is 0.0429 e. The van der Waals surface area contributed by atoms with Gasteiger partial charge in [-0.2, -0.15) is 0 Å². The Morgan fingerprint density at radius 2 is 2.00 bits per heavy atom. The van der Waals surface area contributed by atoms with Gasteiger partial charge < -0.3 is 10.2 Å². The molecule has 0 aliphatic carbocycles. The minimum absolute atomic E-state index is 0.375. The number of likely N-dealkylation sites (N-methyl/N-ethyl adjacent to an activating group) is 1. The predicted molar refractivity (Wildman–Crippen MR) is 74.5 cm³/mol. The van der Waals surface area contributed by atoms with E-state index in [-0.39, 0.29) is 0 Å². The molecule has 0 spiro atoms. The first-order valence-electron chi connectivity index (χ1n) is 6.47. The van der Waals surface area contributed by atoms with Crippen LogP contribution in [0.15, 0.2) is 24.3 Å². The van der Waals surface area contributed by atoms with Crippen LogP contribution in [-0.2, 0) is 6.42 Å². The summed E-state index contributed by atoms with van der Waals surface area (Å²) >= 11 is 0. The molecule has 2 rings (SSSR count). The molecule has 2 nitrogen and oxygen atoms in total. The number of rotatable bonds is 3. The normalized spacial score (nSPS) is 19.2. The largest absolute Gasteiger partial charge is 0.380 e. The fourth-order valence-electron chi connectivity index (χ4n) is 2.74. The average molecular weight is 232 g/mol. The van der Waals surface area contributed by atoms with Crippen molar-refractivity contribution in [2.75, 3.05) is 25.5 Å². The van der Waals surface area contributed by atoms with E-state index in [2.05, 4.69) is 62.3 Å². The van der Waals surface area contributed by atoms with E-state index in [1.165, 1.54) is 11.3 Å². The molecule has 0 radical (unpaired) electrons. The van der Waals surface area contributed by atoms with Gasteiger partial charge in [-0.15, -0.1) is 0 Å². The molecule has 1 heterocycles. The minimum Gasteiger partial charge on any atom is -0.380 e. The van der Waals surface area contributed by atoms with Gasteiger partial charge in [-0.25, -0.2) is 0 Å². The lowest BCUT2D eigenvalue weighted by molar-refractivity contribution is 0.221. The molecule has 1 unspecified atom stereocenters. The van der Waals surface area contributed by atoms with Crippen LogP contribution in [0.1, 0.15) is 26.3 Å². The molecule has 1 N–H and O–H groups in total. The Morgan fingerprint density at radius 3 is 2.65 bits per heavy atom. The Kier molecular flexibility index (Phi) is 3.43. The first-order valence-corrected chi connectivity index (χ1v) is 6.47. The molecule has 1 aliphatic heterocycles. The maximum absolute atomic E-state index is 3.61. The van der Waals surface area contributed by atoms with Crippen molar-refractivity contribution in [3.8, 4) is 0 Å². The number of hydrogen-bond acceptors (Lipinski definition) is 2. The first kappa shape index (κ1) is 12.4. The fourth-order valence-corrected chi connectivity index (χ4v) is 2.74. The van der Waals surface area contributed by atoms with E-state index in [1.807, 2.05) is 0 Å². The number of benzene rings is 1. The number of fused-ring (bicyclic) bond motifs is 1. The van der Waals surface area contributed by atoms with E-state index >= 15 is 0 Å². The second kappa shape index (κ2) is 4.69. The second-order valence-electron chi connectivity index (χ2n) is 6.46. The zero-order chi connectivity index (χ0) is 12.5. The van der Waals surface area contributed by atoms with Crippen LogP contribution in [0.3, 0.4) is 0 Å². The van der Waals surface area contributed by atoms with Crippen LogP contribution < -0.4 is 5.32 Å². The standard InChI is InChI=1S/C15H24N2/c1-15(2,3)11-17(4)10-13-9-12-7-5-6-8-14(12)16-13/h5-8,13,16H,9-11H2,1-4H3. The summed E-state index contributed by atoms with van der Waals surface area (Å²) < 4.78 is 0. The number of nitrogens with one attached hydrogen (secondary N) is 1. The molecule has 0 aromatic heterocycles. The summed E-state index contributed by atoms with van der Waals surface area (Å²) in [6, 6.07) is 9.21. The van der Waals surface area contributed by atoms with Gasteiger partial charge in [-0.05, 0) is 30.5 Å². The Bertz CT molecular complexity index is 354. The molecule has 0 saturated heterocycles. The summed E-state index contributed by atoms with van der Waals surface area (Å²) in [6.07, 6.45) is 1.16. The third-order valence-corrected chi connectivity index (χ3v) is 3.12. The van der Waals surface area contributed by atoms with Crippen molar-refractivity contribution in [2.24, 2.45) is 5.41 Å². The van der Waals surface area contributed by atoms with E-state index in [0.717, 1.165) is 19.5 Å². The van der Waals surface area contributed by atoms with Crippen LogP contribution in [0.4, 0.5) is 5.69 Å². The Morgan fingerprint density at radius 1 is 1.29 bits per heavy atom. The Hall–Kier alpha value is -1.02. The summed E-state index contributed by atoms with van der Waals surface area (Å²) in [5, 5.41) is 3.61. The van der Waals surface area contributed by atoms with Gasteiger partial charge in [0.2, 0.25) is 0 Å². The SMILES string of the molecule is CN(CC1Cc2ccccc2N1)CC(C)(C)C. The molecule has 1 aromatic rings. The Balaban J connectivity index is 1.87. The van der Waals surface area contributed by atoms with Crippen molar-refractivity contribution in [3.63, 3.8) is 0 Å². The highest BCUT2D eigenvalue weighted by Crippen LogP contribution is 2.25. The lowest BCUT2D eigenvalue weighted by Crippen LogP contribution is -2.37. The molecule has 2 heteroatoms. The van der Waals surface area contributed by atoms with Crippen molar-refractivity contribution < 1.29 is 0 Å². The summed E-state index contributed by atoms with van der Waals surface area (Å²) in [5.74, 6) is 0. The molecule has 0 amide bonds. The second-order valence-corrected chi connectivity index (χ2v) is 6.46. The fraction of sp³-hybridized carbons (Fsp3) is 0.600. The third kappa shape index (κ3) is 3.47. The maximum Gasteiger partial charge on any atom is 0.0429 e. The molecule has 0 saturated carbocycles. The van der Waals surface area contributed by atoms with Crippen LogP contribution in [0.2, 0.25) is 0 Å². The number of hydrogen-bond donors (Lipinski definition) is 1. The average Bonchev–Trinajstić information content (AvgIpc) is 2.55. The molecule has 0 bridgehead atoms. The maximum atomic E-state index is 3.61. The van der Waals surface area contributed by atoms with Crippen LogP contribution in [0.5, 0.6) is 0 Å². The number of para-hydroxylation sites is 1. The van der Waals surface area contributed by atoms with E-state index in [1.54, 1.807) is 0 Å². The van der Waals surface area contributed by atoms with Gasteiger partial charge in [0.05, 0.1) is 0 Å². The lowest BCUT2D eigenvalue weighted by atomic mass is 9.96. The molecule has 94 valence electrons. The predicted octanol–water partition coefficient (Wildman–Crippen LogP) is 3.00. The molecule has 0 fully saturated rings. The lowest BCUT2D eigenvalue weighted by Gasteiger charge is -2.28. The minimum atomic E-state index is 0.375. The zero-order valence-corrected chi connectivity index (χ0v) is 11.5. The van der Waals surface area contributed by atoms with Crippen LogP contribution in [0.25, 0.3) is 0 Å². The van der Waals surface area contributed by atoms with Crippen LogP contribution in [-0.4, -0.2) is 31.1 Å². The molecule has 1 aromatic carbocycles. The molecular weight excluding hydrogens is 208 g/mol. The molecule has 17 heavy (non-hydrogen) atoms. The zero-order valence-electron chi connectivity index (χ0n) is 11.5. The van der Waals surface area contributed by atoms with Crippen LogP contribution in [0, 0.1) is 5.41 Å². The summed E-state index contributed by atoms with van der Waals surface area (Å²) in [6.45, 7) is 9.13. The van der Waals surface area contributed by atoms with E-state index in [4.69, 9.17) is 0 Å². The van der Waals surface area contributed by atoms with Gasteiger partial charge >= 0.3 is 0 Å². The summed E-state index contributed by atoms with van der Waals surface area (Å²) in [7, 11) is 2.22. The van der Waals surface area contributed by atoms with Crippen molar-refractivity contribution in [1.82, 2.24) is 4.90 Å². The van der Waals surface area contributed by atoms with Gasteiger partial charge in [-0.1, -0.05) is 39.0 Å². The summed E-state index contributed by atoms with van der Waals surface area (Å²) in [5.41, 5.74) is 3.16. The first-order chi connectivity index (χ1) is 7.94. The van der Waals surface area contributed by atoms with E-state index in [9.17, 15) is 0 Å². The quantitative estimate of drug-likeness (QED) is 0.862. The van der Waals surface area contributed by atoms with Crippen molar-refractivity contribution in [1.29, 1.82) is 0 Å². The van der Waals surface area contributed by atoms with Gasteiger partial charge in [0.15, 0.2) is 0 Å². The number of nitrogens with zero attached hydrogens (tertiary/aromatic N) is 1. The summed E-state index contributed by atoms with van der Waals surface area (Å²) in [4.78, 5) is 2.43. The number of anilines is 1. The molecular formula is C15H24N2. The van der Waals surface area contributed by atoms with Crippen molar-refractivity contribution >= 4 is 5.69 Å². The van der Waals surface area contributed by atoms with Crippen molar-refractivity contribution in [3.05, 3.63) is 29.8 Å². The highest BCUT2D eigenvalue weighted by Gasteiger charge is 2.22. The Labute approximate surface area is 105 Å². The highest BCUT2D eigenvalue weighted by molar-refractivity contribution is 5.56. The van der Waals surface area contributed by atoms with E-state index < -0.39 is 0 Å². The molecule has 1 atom stereocenters. The molecule has 1 aliphatic rings. The van der Waals surface area contributed by atoms with Gasteiger partial charge in [0.1, 0.15) is 0 Å². The van der Waals surface area contributed by atoms with E-state index in [0.29, 0.717) is 11.5 Å². The topological polar surface area (TPSA) is 15.3 Å². The van der Waals surface area contributed by atoms with Crippen molar-refractivity contribution in [2.45, 2.75) is 33.2 Å². The van der Waals surface area contributed by atoms with Gasteiger partial charge in [0, 0.05) is 24.8 Å².